The van der Waals surface area contributed by atoms with Crippen LogP contribution in [-0.4, -0.2) is 32.7 Å². The second-order valence-electron chi connectivity index (χ2n) is 6.79. The standard InChI is InChI=1S/C23H22FNO6S/c24-18-5-3-6-21(16-18)32(28,29)25-19-9-11-20(12-10-19)30-14-15-31-22-7-2-1-4-17(22)8-13-23(26)27/h1-7,9-12,16,25H,8,13-15H2,(H,26,27). The summed E-state index contributed by atoms with van der Waals surface area (Å²) in [6.45, 7) is 0.486. The van der Waals surface area contributed by atoms with Crippen LogP contribution in [0.25, 0.3) is 0 Å². The Bertz CT molecular complexity index is 1170. The van der Waals surface area contributed by atoms with Crippen molar-refractivity contribution in [2.75, 3.05) is 17.9 Å². The molecule has 0 amide bonds. The van der Waals surface area contributed by atoms with E-state index in [1.165, 1.54) is 30.3 Å². The Labute approximate surface area is 185 Å². The van der Waals surface area contributed by atoms with Gasteiger partial charge in [0, 0.05) is 12.1 Å². The molecule has 3 rings (SSSR count). The second kappa shape index (κ2) is 10.6. The van der Waals surface area contributed by atoms with E-state index in [0.717, 1.165) is 11.6 Å². The number of hydrogen-bond donors (Lipinski definition) is 2. The third-order valence-electron chi connectivity index (χ3n) is 4.40. The molecule has 7 nitrogen and oxygen atoms in total. The molecular weight excluding hydrogens is 437 g/mol. The molecule has 0 aromatic heterocycles. The summed E-state index contributed by atoms with van der Waals surface area (Å²) in [6.07, 6.45) is 0.394. The van der Waals surface area contributed by atoms with Crippen LogP contribution in [0.1, 0.15) is 12.0 Å². The number of benzene rings is 3. The van der Waals surface area contributed by atoms with Crippen LogP contribution in [0.4, 0.5) is 10.1 Å². The third kappa shape index (κ3) is 6.71. The normalized spacial score (nSPS) is 11.0. The van der Waals surface area contributed by atoms with Crippen LogP contribution in [0.2, 0.25) is 0 Å². The molecule has 0 saturated heterocycles. The number of carboxylic acid groups (broad SMARTS) is 1. The molecule has 0 heterocycles. The van der Waals surface area contributed by atoms with Crippen molar-refractivity contribution in [3.63, 3.8) is 0 Å². The van der Waals surface area contributed by atoms with Gasteiger partial charge in [-0.1, -0.05) is 24.3 Å². The van der Waals surface area contributed by atoms with Crippen LogP contribution < -0.4 is 14.2 Å². The highest BCUT2D eigenvalue weighted by Crippen LogP contribution is 2.21. The van der Waals surface area contributed by atoms with Crippen molar-refractivity contribution in [1.82, 2.24) is 0 Å². The summed E-state index contributed by atoms with van der Waals surface area (Å²) in [6, 6.07) is 18.3. The Hall–Kier alpha value is -3.59. The van der Waals surface area contributed by atoms with Gasteiger partial charge in [-0.25, -0.2) is 12.8 Å². The fourth-order valence-corrected chi connectivity index (χ4v) is 3.96. The number of ether oxygens (including phenoxy) is 2. The SMILES string of the molecule is O=C(O)CCc1ccccc1OCCOc1ccc(NS(=O)(=O)c2cccc(F)c2)cc1. The zero-order valence-corrected chi connectivity index (χ0v) is 17.8. The lowest BCUT2D eigenvalue weighted by molar-refractivity contribution is -0.136. The molecule has 0 aliphatic carbocycles. The fraction of sp³-hybridized carbons (Fsp3) is 0.174. The van der Waals surface area contributed by atoms with Gasteiger partial charge in [0.25, 0.3) is 10.0 Å². The predicted octanol–water partition coefficient (Wildman–Crippen LogP) is 4.10. The van der Waals surface area contributed by atoms with Crippen LogP contribution in [0, 0.1) is 5.82 Å². The van der Waals surface area contributed by atoms with Gasteiger partial charge in [0.1, 0.15) is 30.5 Å². The monoisotopic (exact) mass is 459 g/mol. The van der Waals surface area contributed by atoms with Gasteiger partial charge in [-0.05, 0) is 60.5 Å². The molecule has 2 N–H and O–H groups in total. The first-order chi connectivity index (χ1) is 15.3. The lowest BCUT2D eigenvalue weighted by atomic mass is 10.1. The lowest BCUT2D eigenvalue weighted by Crippen LogP contribution is -2.13. The van der Waals surface area contributed by atoms with E-state index in [0.29, 0.717) is 23.6 Å². The number of nitrogens with one attached hydrogen (secondary N) is 1. The van der Waals surface area contributed by atoms with E-state index < -0.39 is 21.8 Å². The van der Waals surface area contributed by atoms with Crippen LogP contribution in [-0.2, 0) is 21.2 Å². The smallest absolute Gasteiger partial charge is 0.303 e. The summed E-state index contributed by atoms with van der Waals surface area (Å²) < 4.78 is 51.7. The summed E-state index contributed by atoms with van der Waals surface area (Å²) in [7, 11) is -3.90. The van der Waals surface area contributed by atoms with Gasteiger partial charge in [0.2, 0.25) is 0 Å². The Morgan fingerprint density at radius 3 is 2.38 bits per heavy atom. The molecule has 0 aliphatic rings. The first-order valence-electron chi connectivity index (χ1n) is 9.77. The zero-order chi connectivity index (χ0) is 23.0. The number of carbonyl (C=O) groups is 1. The number of carboxylic acids is 1. The van der Waals surface area contributed by atoms with Crippen molar-refractivity contribution in [3.8, 4) is 11.5 Å². The number of anilines is 1. The quantitative estimate of drug-likeness (QED) is 0.419. The number of halogens is 1. The maximum Gasteiger partial charge on any atom is 0.303 e. The molecule has 0 unspecified atom stereocenters. The molecule has 0 atom stereocenters. The predicted molar refractivity (Wildman–Crippen MR) is 117 cm³/mol. The van der Waals surface area contributed by atoms with Crippen molar-refractivity contribution in [2.24, 2.45) is 0 Å². The van der Waals surface area contributed by atoms with Gasteiger partial charge in [-0.2, -0.15) is 0 Å². The maximum absolute atomic E-state index is 13.3. The average Bonchev–Trinajstić information content (AvgIpc) is 2.77. The van der Waals surface area contributed by atoms with E-state index >= 15 is 0 Å². The van der Waals surface area contributed by atoms with E-state index in [4.69, 9.17) is 14.6 Å². The van der Waals surface area contributed by atoms with Crippen LogP contribution >= 0.6 is 0 Å². The van der Waals surface area contributed by atoms with Crippen molar-refractivity contribution < 1.29 is 32.2 Å². The van der Waals surface area contributed by atoms with Crippen LogP contribution in [0.5, 0.6) is 11.5 Å². The number of aryl methyl sites for hydroxylation is 1. The summed E-state index contributed by atoms with van der Waals surface area (Å²) >= 11 is 0. The molecule has 32 heavy (non-hydrogen) atoms. The molecule has 0 spiro atoms. The van der Waals surface area contributed by atoms with E-state index in [2.05, 4.69) is 4.72 Å². The molecule has 0 radical (unpaired) electrons. The van der Waals surface area contributed by atoms with Gasteiger partial charge < -0.3 is 14.6 Å². The highest BCUT2D eigenvalue weighted by atomic mass is 32.2. The Balaban J connectivity index is 1.50. The van der Waals surface area contributed by atoms with Crippen LogP contribution in [0.3, 0.4) is 0 Å². The molecule has 0 saturated carbocycles. The van der Waals surface area contributed by atoms with Crippen LogP contribution in [0.15, 0.2) is 77.7 Å². The van der Waals surface area contributed by atoms with Gasteiger partial charge in [-0.3, -0.25) is 9.52 Å². The minimum absolute atomic E-state index is 0.0200. The summed E-state index contributed by atoms with van der Waals surface area (Å²) in [4.78, 5) is 10.6. The highest BCUT2D eigenvalue weighted by Gasteiger charge is 2.14. The topological polar surface area (TPSA) is 102 Å². The van der Waals surface area contributed by atoms with E-state index in [1.54, 1.807) is 18.2 Å². The Morgan fingerprint density at radius 2 is 1.66 bits per heavy atom. The number of rotatable bonds is 11. The van der Waals surface area contributed by atoms with E-state index in [-0.39, 0.29) is 24.5 Å². The third-order valence-corrected chi connectivity index (χ3v) is 5.78. The van der Waals surface area contributed by atoms with E-state index in [9.17, 15) is 17.6 Å². The first kappa shape index (κ1) is 23.1. The summed E-state index contributed by atoms with van der Waals surface area (Å²) in [5.74, 6) is -0.380. The van der Waals surface area contributed by atoms with Gasteiger partial charge in [0.15, 0.2) is 0 Å². The van der Waals surface area contributed by atoms with Crippen molar-refractivity contribution in [3.05, 3.63) is 84.2 Å². The fourth-order valence-electron chi connectivity index (χ4n) is 2.87. The largest absolute Gasteiger partial charge is 0.490 e. The number of hydrogen-bond acceptors (Lipinski definition) is 5. The highest BCUT2D eigenvalue weighted by molar-refractivity contribution is 7.92. The Kier molecular flexibility index (Phi) is 7.67. The molecule has 0 bridgehead atoms. The molecule has 9 heteroatoms. The average molecular weight is 459 g/mol. The van der Waals surface area contributed by atoms with Crippen molar-refractivity contribution in [1.29, 1.82) is 0 Å². The maximum atomic E-state index is 13.3. The minimum atomic E-state index is -3.90. The number of aliphatic carboxylic acids is 1. The molecular formula is C23H22FNO6S. The lowest BCUT2D eigenvalue weighted by Gasteiger charge is -2.12. The van der Waals surface area contributed by atoms with Crippen molar-refractivity contribution >= 4 is 21.7 Å². The molecule has 0 aliphatic heterocycles. The summed E-state index contributed by atoms with van der Waals surface area (Å²) in [5.41, 5.74) is 1.12. The summed E-state index contributed by atoms with van der Waals surface area (Å²) in [5, 5.41) is 8.84. The second-order valence-corrected chi connectivity index (χ2v) is 8.47. The molecule has 0 fully saturated rings. The van der Waals surface area contributed by atoms with E-state index in [1.807, 2.05) is 18.2 Å². The molecule has 3 aromatic carbocycles. The number of sulfonamides is 1. The minimum Gasteiger partial charge on any atom is -0.490 e. The first-order valence-corrected chi connectivity index (χ1v) is 11.3. The van der Waals surface area contributed by atoms with Gasteiger partial charge in [-0.15, -0.1) is 0 Å². The Morgan fingerprint density at radius 1 is 0.938 bits per heavy atom. The zero-order valence-electron chi connectivity index (χ0n) is 17.0. The van der Waals surface area contributed by atoms with Gasteiger partial charge in [0.05, 0.1) is 4.90 Å². The van der Waals surface area contributed by atoms with Crippen molar-refractivity contribution in [2.45, 2.75) is 17.7 Å². The number of para-hydroxylation sites is 1. The van der Waals surface area contributed by atoms with Gasteiger partial charge >= 0.3 is 5.97 Å². The molecule has 3 aromatic rings. The molecule has 168 valence electrons.